The van der Waals surface area contributed by atoms with E-state index in [2.05, 4.69) is 26.2 Å². The molecule has 0 unspecified atom stereocenters. The highest BCUT2D eigenvalue weighted by molar-refractivity contribution is 9.10. The summed E-state index contributed by atoms with van der Waals surface area (Å²) >= 11 is 3.38. The first kappa shape index (κ1) is 20.6. The average Bonchev–Trinajstić information content (AvgIpc) is 2.92. The monoisotopic (exact) mass is 468 g/mol. The van der Waals surface area contributed by atoms with E-state index < -0.39 is 0 Å². The maximum Gasteiger partial charge on any atom is 0.251 e. The number of halogens is 1. The molecule has 0 atom stereocenters. The highest BCUT2D eigenvalue weighted by atomic mass is 79.9. The molecule has 2 aromatic carbocycles. The molecule has 3 aromatic rings. The second kappa shape index (κ2) is 9.43. The third-order valence-corrected chi connectivity index (χ3v) is 6.03. The van der Waals surface area contributed by atoms with Crippen molar-refractivity contribution in [3.8, 4) is 0 Å². The number of nitrogens with zero attached hydrogens (tertiary/aromatic N) is 3. The summed E-state index contributed by atoms with van der Waals surface area (Å²) in [5.74, 6) is 0.630. The van der Waals surface area contributed by atoms with Gasteiger partial charge in [-0.2, -0.15) is 0 Å². The molecular formula is C23H25BrN4O2. The number of para-hydroxylation sites is 2. The Labute approximate surface area is 184 Å². The SMILES string of the molecule is O=C(NCc1nc2ccccc2n1CC(=O)N1CCCCCC1)c1ccc(Br)cc1. The molecule has 0 spiro atoms. The lowest BCUT2D eigenvalue weighted by Gasteiger charge is -2.21. The first-order valence-electron chi connectivity index (χ1n) is 10.4. The standard InChI is InChI=1S/C23H25BrN4O2/c24-18-11-9-17(10-12-18)23(30)25-15-21-26-19-7-3-4-8-20(19)28(21)16-22(29)27-13-5-1-2-6-14-27/h3-4,7-12H,1-2,5-6,13-16H2,(H,25,30). The average molecular weight is 469 g/mol. The van der Waals surface area contributed by atoms with Crippen molar-refractivity contribution in [2.45, 2.75) is 38.8 Å². The van der Waals surface area contributed by atoms with Crippen molar-refractivity contribution in [1.29, 1.82) is 0 Å². The molecule has 2 heterocycles. The first-order chi connectivity index (χ1) is 14.6. The second-order valence-electron chi connectivity index (χ2n) is 7.59. The lowest BCUT2D eigenvalue weighted by atomic mass is 10.2. The van der Waals surface area contributed by atoms with Crippen molar-refractivity contribution in [2.75, 3.05) is 13.1 Å². The minimum absolute atomic E-state index is 0.112. The minimum Gasteiger partial charge on any atom is -0.345 e. The third-order valence-electron chi connectivity index (χ3n) is 5.50. The Hall–Kier alpha value is -2.67. The van der Waals surface area contributed by atoms with Gasteiger partial charge in [-0.05, 0) is 49.2 Å². The topological polar surface area (TPSA) is 67.2 Å². The number of fused-ring (bicyclic) bond motifs is 1. The van der Waals surface area contributed by atoms with E-state index in [0.29, 0.717) is 11.4 Å². The molecule has 156 valence electrons. The molecule has 1 aliphatic heterocycles. The van der Waals surface area contributed by atoms with E-state index >= 15 is 0 Å². The molecule has 1 aliphatic rings. The van der Waals surface area contributed by atoms with E-state index in [0.717, 1.165) is 41.4 Å². The van der Waals surface area contributed by atoms with Crippen LogP contribution in [0.2, 0.25) is 0 Å². The molecule has 30 heavy (non-hydrogen) atoms. The summed E-state index contributed by atoms with van der Waals surface area (Å²) in [5.41, 5.74) is 2.32. The molecule has 0 bridgehead atoms. The van der Waals surface area contributed by atoms with Crippen LogP contribution in [0.15, 0.2) is 53.0 Å². The van der Waals surface area contributed by atoms with Crippen molar-refractivity contribution >= 4 is 38.8 Å². The zero-order valence-electron chi connectivity index (χ0n) is 16.8. The largest absolute Gasteiger partial charge is 0.345 e. The predicted molar refractivity (Wildman–Crippen MR) is 120 cm³/mol. The predicted octanol–water partition coefficient (Wildman–Crippen LogP) is 4.13. The number of hydrogen-bond donors (Lipinski definition) is 1. The van der Waals surface area contributed by atoms with Gasteiger partial charge in [0, 0.05) is 23.1 Å². The molecule has 2 amide bonds. The minimum atomic E-state index is -0.167. The zero-order chi connectivity index (χ0) is 20.9. The molecule has 4 rings (SSSR count). The number of nitrogens with one attached hydrogen (secondary N) is 1. The number of carbonyl (C=O) groups excluding carboxylic acids is 2. The number of amides is 2. The van der Waals surface area contributed by atoms with Gasteiger partial charge in [0.25, 0.3) is 5.91 Å². The Balaban J connectivity index is 1.53. The quantitative estimate of drug-likeness (QED) is 0.611. The summed E-state index contributed by atoms with van der Waals surface area (Å²) in [6.45, 7) is 2.14. The van der Waals surface area contributed by atoms with Crippen LogP contribution in [0.4, 0.5) is 0 Å². The normalized spacial score (nSPS) is 14.5. The van der Waals surface area contributed by atoms with Crippen molar-refractivity contribution in [3.05, 3.63) is 64.4 Å². The lowest BCUT2D eigenvalue weighted by molar-refractivity contribution is -0.131. The van der Waals surface area contributed by atoms with Gasteiger partial charge in [0.2, 0.25) is 5.91 Å². The summed E-state index contributed by atoms with van der Waals surface area (Å²) in [5, 5.41) is 2.94. The Morgan fingerprint density at radius 1 is 0.967 bits per heavy atom. The van der Waals surface area contributed by atoms with E-state index in [1.165, 1.54) is 12.8 Å². The summed E-state index contributed by atoms with van der Waals surface area (Å²) in [6, 6.07) is 15.0. The highest BCUT2D eigenvalue weighted by Gasteiger charge is 2.19. The fourth-order valence-corrected chi connectivity index (χ4v) is 4.12. The molecule has 1 fully saturated rings. The van der Waals surface area contributed by atoms with Crippen LogP contribution in [0.3, 0.4) is 0 Å². The first-order valence-corrected chi connectivity index (χ1v) is 11.2. The van der Waals surface area contributed by atoms with E-state index in [1.54, 1.807) is 12.1 Å². The van der Waals surface area contributed by atoms with Crippen molar-refractivity contribution < 1.29 is 9.59 Å². The number of rotatable bonds is 5. The van der Waals surface area contributed by atoms with Gasteiger partial charge in [-0.3, -0.25) is 9.59 Å². The van der Waals surface area contributed by atoms with E-state index in [1.807, 2.05) is 45.9 Å². The fourth-order valence-electron chi connectivity index (χ4n) is 3.85. The molecular weight excluding hydrogens is 444 g/mol. The second-order valence-corrected chi connectivity index (χ2v) is 8.50. The summed E-state index contributed by atoms with van der Waals surface area (Å²) in [6.07, 6.45) is 4.50. The molecule has 1 saturated heterocycles. The van der Waals surface area contributed by atoms with Crippen LogP contribution in [-0.2, 0) is 17.9 Å². The van der Waals surface area contributed by atoms with Crippen LogP contribution < -0.4 is 5.32 Å². The van der Waals surface area contributed by atoms with E-state index in [-0.39, 0.29) is 24.9 Å². The Bertz CT molecular complexity index is 1040. The number of aromatic nitrogens is 2. The summed E-state index contributed by atoms with van der Waals surface area (Å²) in [4.78, 5) is 32.2. The molecule has 6 nitrogen and oxygen atoms in total. The van der Waals surface area contributed by atoms with Crippen LogP contribution in [0.25, 0.3) is 11.0 Å². The van der Waals surface area contributed by atoms with Crippen LogP contribution in [0.1, 0.15) is 41.9 Å². The van der Waals surface area contributed by atoms with Gasteiger partial charge in [0.1, 0.15) is 12.4 Å². The number of likely N-dealkylation sites (tertiary alicyclic amines) is 1. The number of imidazole rings is 1. The van der Waals surface area contributed by atoms with Gasteiger partial charge in [-0.15, -0.1) is 0 Å². The molecule has 1 aromatic heterocycles. The summed E-state index contributed by atoms with van der Waals surface area (Å²) < 4.78 is 2.86. The molecule has 0 saturated carbocycles. The van der Waals surface area contributed by atoms with Crippen molar-refractivity contribution in [3.63, 3.8) is 0 Å². The van der Waals surface area contributed by atoms with Crippen molar-refractivity contribution in [2.24, 2.45) is 0 Å². The molecule has 0 aliphatic carbocycles. The fraction of sp³-hybridized carbons (Fsp3) is 0.348. The maximum absolute atomic E-state index is 13.0. The Morgan fingerprint density at radius 3 is 2.40 bits per heavy atom. The van der Waals surface area contributed by atoms with Crippen molar-refractivity contribution in [1.82, 2.24) is 19.8 Å². The van der Waals surface area contributed by atoms with E-state index in [4.69, 9.17) is 0 Å². The van der Waals surface area contributed by atoms with Gasteiger partial charge in [0.05, 0.1) is 17.6 Å². The number of benzene rings is 2. The number of carbonyl (C=O) groups is 2. The van der Waals surface area contributed by atoms with Crippen LogP contribution >= 0.6 is 15.9 Å². The molecule has 1 N–H and O–H groups in total. The zero-order valence-corrected chi connectivity index (χ0v) is 18.4. The molecule has 0 radical (unpaired) electrons. The van der Waals surface area contributed by atoms with Crippen LogP contribution in [0.5, 0.6) is 0 Å². The van der Waals surface area contributed by atoms with Gasteiger partial charge in [-0.1, -0.05) is 40.9 Å². The van der Waals surface area contributed by atoms with E-state index in [9.17, 15) is 9.59 Å². The number of hydrogen-bond acceptors (Lipinski definition) is 3. The Morgan fingerprint density at radius 2 is 1.67 bits per heavy atom. The van der Waals surface area contributed by atoms with Crippen LogP contribution in [-0.4, -0.2) is 39.4 Å². The van der Waals surface area contributed by atoms with Gasteiger partial charge in [-0.25, -0.2) is 4.98 Å². The van der Waals surface area contributed by atoms with Gasteiger partial charge >= 0.3 is 0 Å². The lowest BCUT2D eigenvalue weighted by Crippen LogP contribution is -2.35. The molecule has 7 heteroatoms. The third kappa shape index (κ3) is 4.73. The Kier molecular flexibility index (Phi) is 6.47. The highest BCUT2D eigenvalue weighted by Crippen LogP contribution is 2.18. The van der Waals surface area contributed by atoms with Crippen LogP contribution in [0, 0.1) is 0 Å². The van der Waals surface area contributed by atoms with Gasteiger partial charge in [0.15, 0.2) is 0 Å². The van der Waals surface area contributed by atoms with Gasteiger partial charge < -0.3 is 14.8 Å². The maximum atomic E-state index is 13.0. The summed E-state index contributed by atoms with van der Waals surface area (Å²) in [7, 11) is 0. The smallest absolute Gasteiger partial charge is 0.251 e.